The molecule has 4 rings (SSSR count). The van der Waals surface area contributed by atoms with E-state index in [2.05, 4.69) is 50.3 Å². The summed E-state index contributed by atoms with van der Waals surface area (Å²) in [6, 6.07) is 2.36. The van der Waals surface area contributed by atoms with Gasteiger partial charge < -0.3 is 24.0 Å². The number of likely N-dealkylation sites (N-methyl/N-ethyl adjacent to an activating group) is 1. The molecule has 2 aromatic rings. The van der Waals surface area contributed by atoms with Crippen molar-refractivity contribution in [1.29, 1.82) is 0 Å². The summed E-state index contributed by atoms with van der Waals surface area (Å²) in [5.41, 5.74) is 2.49. The van der Waals surface area contributed by atoms with Gasteiger partial charge in [0.1, 0.15) is 5.82 Å². The number of hydrogen-bond acceptors (Lipinski definition) is 7. The summed E-state index contributed by atoms with van der Waals surface area (Å²) in [5, 5.41) is 0. The molecule has 27 heavy (non-hydrogen) atoms. The van der Waals surface area contributed by atoms with Gasteiger partial charge in [-0.2, -0.15) is 4.98 Å². The van der Waals surface area contributed by atoms with Crippen LogP contribution >= 0.6 is 0 Å². The van der Waals surface area contributed by atoms with Crippen molar-refractivity contribution in [3.63, 3.8) is 0 Å². The van der Waals surface area contributed by atoms with E-state index in [0.29, 0.717) is 6.04 Å². The highest BCUT2D eigenvalue weighted by atomic mass is 16.5. The van der Waals surface area contributed by atoms with Gasteiger partial charge in [0.2, 0.25) is 5.95 Å². The number of hydrogen-bond donors (Lipinski definition) is 0. The van der Waals surface area contributed by atoms with E-state index in [4.69, 9.17) is 9.72 Å². The fourth-order valence-corrected chi connectivity index (χ4v) is 4.15. The van der Waals surface area contributed by atoms with Gasteiger partial charge in [-0.25, -0.2) is 9.97 Å². The highest BCUT2D eigenvalue weighted by molar-refractivity contribution is 5.46. The molecular weight excluding hydrogens is 342 g/mol. The average Bonchev–Trinajstić information content (AvgIpc) is 3.31. The molecular formula is C19H29N7O. The first-order chi connectivity index (χ1) is 13.1. The van der Waals surface area contributed by atoms with Crippen molar-refractivity contribution >= 4 is 11.8 Å². The fraction of sp³-hybridized carbons (Fsp3) is 0.632. The fourth-order valence-electron chi connectivity index (χ4n) is 4.15. The van der Waals surface area contributed by atoms with E-state index in [1.807, 2.05) is 18.6 Å². The first-order valence-corrected chi connectivity index (χ1v) is 9.65. The van der Waals surface area contributed by atoms with E-state index in [9.17, 15) is 0 Å². The molecule has 2 aliphatic heterocycles. The Morgan fingerprint density at radius 2 is 2.07 bits per heavy atom. The van der Waals surface area contributed by atoms with Crippen LogP contribution in [0.2, 0.25) is 0 Å². The van der Waals surface area contributed by atoms with Crippen LogP contribution in [-0.4, -0.2) is 77.4 Å². The lowest BCUT2D eigenvalue weighted by molar-refractivity contribution is 0.0639. The minimum Gasteiger partial charge on any atom is -0.378 e. The number of ether oxygens (including phenoxy) is 1. The molecule has 1 fully saturated rings. The molecule has 0 aromatic carbocycles. The molecule has 4 heterocycles. The largest absolute Gasteiger partial charge is 0.378 e. The van der Waals surface area contributed by atoms with Crippen molar-refractivity contribution in [3.8, 4) is 0 Å². The third-order valence-corrected chi connectivity index (χ3v) is 5.77. The highest BCUT2D eigenvalue weighted by Crippen LogP contribution is 2.26. The number of fused-ring (bicyclic) bond motifs is 1. The molecule has 2 atom stereocenters. The zero-order valence-corrected chi connectivity index (χ0v) is 16.7. The standard InChI is InChI=1S/C19H29N7O/c1-5-24-13-21-14-10-25(9-7-15(14)24)19-20-8-6-18(22-19)26-11-16(23(2)3)17(12-26)27-4/h6,8,13,16-17H,5,7,9-12H2,1-4H3/t16-,17+/m0/s1. The second-order valence-electron chi connectivity index (χ2n) is 7.52. The summed E-state index contributed by atoms with van der Waals surface area (Å²) in [4.78, 5) is 20.8. The molecule has 1 saturated heterocycles. The van der Waals surface area contributed by atoms with Crippen LogP contribution in [0, 0.1) is 0 Å². The number of rotatable bonds is 5. The van der Waals surface area contributed by atoms with Crippen molar-refractivity contribution < 1.29 is 4.74 Å². The Morgan fingerprint density at radius 3 is 2.78 bits per heavy atom. The van der Waals surface area contributed by atoms with Crippen molar-refractivity contribution in [3.05, 3.63) is 30.0 Å². The molecule has 0 bridgehead atoms. The first kappa shape index (κ1) is 18.2. The van der Waals surface area contributed by atoms with E-state index in [-0.39, 0.29) is 6.10 Å². The number of imidazole rings is 1. The summed E-state index contributed by atoms with van der Waals surface area (Å²) in [6.45, 7) is 6.58. The molecule has 0 aliphatic carbocycles. The van der Waals surface area contributed by atoms with Gasteiger partial charge in [0.05, 0.1) is 30.7 Å². The smallest absolute Gasteiger partial charge is 0.227 e. The minimum absolute atomic E-state index is 0.189. The Hall–Kier alpha value is -2.19. The predicted molar refractivity (Wildman–Crippen MR) is 105 cm³/mol. The monoisotopic (exact) mass is 371 g/mol. The molecule has 8 nitrogen and oxygen atoms in total. The van der Waals surface area contributed by atoms with Crippen molar-refractivity contribution in [2.24, 2.45) is 0 Å². The molecule has 0 spiro atoms. The maximum absolute atomic E-state index is 5.69. The van der Waals surface area contributed by atoms with E-state index in [0.717, 1.165) is 56.6 Å². The third-order valence-electron chi connectivity index (χ3n) is 5.77. The van der Waals surface area contributed by atoms with Crippen LogP contribution in [0.25, 0.3) is 0 Å². The zero-order valence-electron chi connectivity index (χ0n) is 16.7. The minimum atomic E-state index is 0.189. The van der Waals surface area contributed by atoms with Gasteiger partial charge in [0.25, 0.3) is 0 Å². The maximum Gasteiger partial charge on any atom is 0.227 e. The van der Waals surface area contributed by atoms with E-state index >= 15 is 0 Å². The number of methoxy groups -OCH3 is 1. The Bertz CT molecular complexity index is 790. The topological polar surface area (TPSA) is 62.6 Å². The van der Waals surface area contributed by atoms with E-state index in [1.54, 1.807) is 7.11 Å². The molecule has 0 N–H and O–H groups in total. The number of aromatic nitrogens is 4. The van der Waals surface area contributed by atoms with E-state index < -0.39 is 0 Å². The van der Waals surface area contributed by atoms with Crippen LogP contribution < -0.4 is 9.80 Å². The maximum atomic E-state index is 5.69. The molecule has 146 valence electrons. The Balaban J connectivity index is 1.52. The van der Waals surface area contributed by atoms with Crippen LogP contribution in [0.4, 0.5) is 11.8 Å². The molecule has 2 aliphatic rings. The van der Waals surface area contributed by atoms with Gasteiger partial charge in [0, 0.05) is 51.6 Å². The predicted octanol–water partition coefficient (Wildman–Crippen LogP) is 1.02. The summed E-state index contributed by atoms with van der Waals surface area (Å²) < 4.78 is 7.92. The van der Waals surface area contributed by atoms with Gasteiger partial charge in [0.15, 0.2) is 0 Å². The average molecular weight is 371 g/mol. The van der Waals surface area contributed by atoms with Crippen LogP contribution in [-0.2, 0) is 24.2 Å². The Morgan fingerprint density at radius 1 is 1.22 bits per heavy atom. The SMILES string of the molecule is CCn1cnc2c1CCN(c1nccc(N3C[C@@H](OC)[C@@H](N(C)C)C3)n1)C2. The molecule has 2 aromatic heterocycles. The van der Waals surface area contributed by atoms with Gasteiger partial charge in [-0.15, -0.1) is 0 Å². The number of anilines is 2. The highest BCUT2D eigenvalue weighted by Gasteiger charge is 2.35. The van der Waals surface area contributed by atoms with Crippen molar-refractivity contribution in [1.82, 2.24) is 24.4 Å². The second-order valence-corrected chi connectivity index (χ2v) is 7.52. The molecule has 0 unspecified atom stereocenters. The van der Waals surface area contributed by atoms with E-state index in [1.165, 1.54) is 5.69 Å². The Kier molecular flexibility index (Phi) is 5.01. The lowest BCUT2D eigenvalue weighted by Crippen LogP contribution is -2.39. The normalized spacial score (nSPS) is 22.6. The Labute approximate surface area is 160 Å². The molecule has 0 amide bonds. The number of aryl methyl sites for hydroxylation is 1. The first-order valence-electron chi connectivity index (χ1n) is 9.65. The summed E-state index contributed by atoms with van der Waals surface area (Å²) in [7, 11) is 6.00. The van der Waals surface area contributed by atoms with Crippen LogP contribution in [0.5, 0.6) is 0 Å². The van der Waals surface area contributed by atoms with Crippen LogP contribution in [0.15, 0.2) is 18.6 Å². The van der Waals surface area contributed by atoms with Gasteiger partial charge >= 0.3 is 0 Å². The number of nitrogens with zero attached hydrogens (tertiary/aromatic N) is 7. The second kappa shape index (κ2) is 7.44. The molecule has 0 radical (unpaired) electrons. The quantitative estimate of drug-likeness (QED) is 0.778. The summed E-state index contributed by atoms with van der Waals surface area (Å²) in [6.07, 6.45) is 4.98. The van der Waals surface area contributed by atoms with Crippen LogP contribution in [0.3, 0.4) is 0 Å². The molecule has 0 saturated carbocycles. The lowest BCUT2D eigenvalue weighted by Gasteiger charge is -2.28. The van der Waals surface area contributed by atoms with Gasteiger partial charge in [-0.1, -0.05) is 0 Å². The van der Waals surface area contributed by atoms with Crippen molar-refractivity contribution in [2.75, 3.05) is 50.6 Å². The van der Waals surface area contributed by atoms with Crippen LogP contribution in [0.1, 0.15) is 18.3 Å². The summed E-state index contributed by atoms with van der Waals surface area (Å²) >= 11 is 0. The lowest BCUT2D eigenvalue weighted by atomic mass is 10.1. The third kappa shape index (κ3) is 3.39. The molecule has 8 heteroatoms. The van der Waals surface area contributed by atoms with Gasteiger partial charge in [-0.3, -0.25) is 0 Å². The van der Waals surface area contributed by atoms with Crippen molar-refractivity contribution in [2.45, 2.75) is 38.6 Å². The summed E-state index contributed by atoms with van der Waals surface area (Å²) in [5.74, 6) is 1.75. The zero-order chi connectivity index (χ0) is 19.0. The van der Waals surface area contributed by atoms with Gasteiger partial charge in [-0.05, 0) is 27.1 Å².